The van der Waals surface area contributed by atoms with E-state index in [2.05, 4.69) is 10.9 Å². The molecule has 0 bridgehead atoms. The van der Waals surface area contributed by atoms with Crippen LogP contribution in [0.1, 0.15) is 41.0 Å². The Hall–Kier alpha value is -4.21. The van der Waals surface area contributed by atoms with Gasteiger partial charge in [-0.3, -0.25) is 30.0 Å². The molecule has 1 aliphatic heterocycles. The summed E-state index contributed by atoms with van der Waals surface area (Å²) in [5.74, 6) is -3.42. The molecule has 1 heterocycles. The third kappa shape index (κ3) is 6.41. The van der Waals surface area contributed by atoms with Crippen LogP contribution in [0, 0.1) is 5.92 Å². The Morgan fingerprint density at radius 1 is 0.971 bits per heavy atom. The minimum absolute atomic E-state index is 0.0671. The van der Waals surface area contributed by atoms with Crippen LogP contribution in [0.5, 0.6) is 0 Å². The molecule has 1 saturated heterocycles. The Bertz CT molecular complexity index is 1070. The zero-order valence-corrected chi connectivity index (χ0v) is 18.8. The van der Waals surface area contributed by atoms with E-state index in [0.717, 1.165) is 0 Å². The first-order valence-corrected chi connectivity index (χ1v) is 10.7. The van der Waals surface area contributed by atoms with Gasteiger partial charge in [0.15, 0.2) is 6.61 Å². The number of hydrogen-bond acceptors (Lipinski definition) is 7. The molecule has 1 aliphatic rings. The zero-order chi connectivity index (χ0) is 24.7. The maximum absolute atomic E-state index is 12.4. The normalized spacial score (nSPS) is 15.1. The first-order valence-electron chi connectivity index (χ1n) is 10.7. The molecule has 0 unspecified atom stereocenters. The van der Waals surface area contributed by atoms with Crippen molar-refractivity contribution in [1.29, 1.82) is 0 Å². The van der Waals surface area contributed by atoms with Gasteiger partial charge in [-0.25, -0.2) is 4.79 Å². The number of hydrazine groups is 1. The number of rotatable bonds is 7. The molecule has 0 saturated carbocycles. The van der Waals surface area contributed by atoms with Crippen LogP contribution in [-0.2, 0) is 23.9 Å². The van der Waals surface area contributed by atoms with Crippen LogP contribution in [0.3, 0.4) is 0 Å². The minimum Gasteiger partial charge on any atom is -0.459 e. The van der Waals surface area contributed by atoms with Gasteiger partial charge in [-0.05, 0) is 50.2 Å². The largest absolute Gasteiger partial charge is 0.459 e. The number of ether oxygens (including phenoxy) is 2. The molecule has 3 amide bonds. The van der Waals surface area contributed by atoms with Crippen molar-refractivity contribution < 1.29 is 33.4 Å². The van der Waals surface area contributed by atoms with E-state index in [-0.39, 0.29) is 25.0 Å². The number of hydrogen-bond donors (Lipinski definition) is 2. The van der Waals surface area contributed by atoms with Crippen LogP contribution in [0.2, 0.25) is 0 Å². The highest BCUT2D eigenvalue weighted by atomic mass is 16.5. The fourth-order valence-corrected chi connectivity index (χ4v) is 3.25. The molecule has 1 fully saturated rings. The average Bonchev–Trinajstić information content (AvgIpc) is 3.22. The summed E-state index contributed by atoms with van der Waals surface area (Å²) in [5.41, 5.74) is 5.63. The molecule has 1 atom stereocenters. The standard InChI is InChI=1S/C24H25N3O7/c1-15(2)34-24(32)17-8-10-19(11-9-17)27-13-18(12-21(27)29)23(31)33-14-20(28)25-26-22(30)16-6-4-3-5-7-16/h3-11,15,18H,12-14H2,1-2H3,(H,25,28)(H,26,30)/t18-/m1/s1. The summed E-state index contributed by atoms with van der Waals surface area (Å²) in [6.07, 6.45) is -0.316. The topological polar surface area (TPSA) is 131 Å². The minimum atomic E-state index is -0.746. The fraction of sp³-hybridized carbons (Fsp3) is 0.292. The second kappa shape index (κ2) is 11.1. The van der Waals surface area contributed by atoms with Gasteiger partial charge in [-0.15, -0.1) is 0 Å². The maximum Gasteiger partial charge on any atom is 0.338 e. The Labute approximate surface area is 196 Å². The smallest absolute Gasteiger partial charge is 0.338 e. The van der Waals surface area contributed by atoms with Gasteiger partial charge in [-0.2, -0.15) is 0 Å². The van der Waals surface area contributed by atoms with Crippen LogP contribution in [0.15, 0.2) is 54.6 Å². The maximum atomic E-state index is 12.4. The van der Waals surface area contributed by atoms with E-state index in [1.54, 1.807) is 68.4 Å². The Balaban J connectivity index is 1.46. The van der Waals surface area contributed by atoms with Crippen molar-refractivity contribution in [3.63, 3.8) is 0 Å². The molecule has 178 valence electrons. The van der Waals surface area contributed by atoms with Gasteiger partial charge >= 0.3 is 11.9 Å². The Kier molecular flexibility index (Phi) is 7.96. The molecular formula is C24H25N3O7. The average molecular weight is 467 g/mol. The summed E-state index contributed by atoms with van der Waals surface area (Å²) in [4.78, 5) is 61.9. The molecule has 0 aliphatic carbocycles. The first kappa shape index (κ1) is 24.4. The number of nitrogens with one attached hydrogen (secondary N) is 2. The third-order valence-electron chi connectivity index (χ3n) is 4.91. The lowest BCUT2D eigenvalue weighted by atomic mass is 10.1. The van der Waals surface area contributed by atoms with Crippen molar-refractivity contribution in [2.75, 3.05) is 18.1 Å². The quantitative estimate of drug-likeness (QED) is 0.467. The van der Waals surface area contributed by atoms with Crippen molar-refractivity contribution in [3.8, 4) is 0 Å². The molecule has 2 aromatic carbocycles. The molecule has 0 radical (unpaired) electrons. The summed E-state index contributed by atoms with van der Waals surface area (Å²) >= 11 is 0. The predicted molar refractivity (Wildman–Crippen MR) is 120 cm³/mol. The lowest BCUT2D eigenvalue weighted by Gasteiger charge is -2.17. The molecule has 2 N–H and O–H groups in total. The number of anilines is 1. The number of amides is 3. The Morgan fingerprint density at radius 2 is 1.65 bits per heavy atom. The summed E-state index contributed by atoms with van der Waals surface area (Å²) in [5, 5.41) is 0. The number of benzene rings is 2. The van der Waals surface area contributed by atoms with Crippen molar-refractivity contribution >= 4 is 35.3 Å². The molecule has 10 heteroatoms. The number of nitrogens with zero attached hydrogens (tertiary/aromatic N) is 1. The van der Waals surface area contributed by atoms with Gasteiger partial charge in [0.1, 0.15) is 0 Å². The number of carbonyl (C=O) groups is 5. The van der Waals surface area contributed by atoms with E-state index < -0.39 is 36.3 Å². The van der Waals surface area contributed by atoms with E-state index in [4.69, 9.17) is 9.47 Å². The molecule has 0 aromatic heterocycles. The fourth-order valence-electron chi connectivity index (χ4n) is 3.25. The van der Waals surface area contributed by atoms with Crippen molar-refractivity contribution in [2.24, 2.45) is 5.92 Å². The highest BCUT2D eigenvalue weighted by molar-refractivity contribution is 6.00. The predicted octanol–water partition coefficient (Wildman–Crippen LogP) is 1.61. The summed E-state index contributed by atoms with van der Waals surface area (Å²) in [7, 11) is 0. The van der Waals surface area contributed by atoms with Gasteiger partial charge in [0, 0.05) is 24.2 Å². The summed E-state index contributed by atoms with van der Waals surface area (Å²) < 4.78 is 10.1. The van der Waals surface area contributed by atoms with Crippen molar-refractivity contribution in [3.05, 3.63) is 65.7 Å². The van der Waals surface area contributed by atoms with Crippen LogP contribution in [-0.4, -0.2) is 48.9 Å². The number of carbonyl (C=O) groups excluding carboxylic acids is 5. The third-order valence-corrected chi connectivity index (χ3v) is 4.91. The van der Waals surface area contributed by atoms with Crippen LogP contribution in [0.25, 0.3) is 0 Å². The summed E-state index contributed by atoms with van der Waals surface area (Å²) in [6, 6.07) is 14.6. The SMILES string of the molecule is CC(C)OC(=O)c1ccc(N2C[C@H](C(=O)OCC(=O)NNC(=O)c3ccccc3)CC2=O)cc1. The molecule has 3 rings (SSSR count). The van der Waals surface area contributed by atoms with Gasteiger partial charge in [0.05, 0.1) is 17.6 Å². The lowest BCUT2D eigenvalue weighted by Crippen LogP contribution is -2.43. The molecule has 34 heavy (non-hydrogen) atoms. The van der Waals surface area contributed by atoms with Crippen LogP contribution in [0.4, 0.5) is 5.69 Å². The highest BCUT2D eigenvalue weighted by Gasteiger charge is 2.36. The van der Waals surface area contributed by atoms with E-state index in [1.807, 2.05) is 0 Å². The van der Waals surface area contributed by atoms with E-state index in [0.29, 0.717) is 16.8 Å². The molecule has 0 spiro atoms. The van der Waals surface area contributed by atoms with Crippen molar-refractivity contribution in [1.82, 2.24) is 10.9 Å². The monoisotopic (exact) mass is 467 g/mol. The second-order valence-corrected chi connectivity index (χ2v) is 7.88. The van der Waals surface area contributed by atoms with E-state index in [9.17, 15) is 24.0 Å². The van der Waals surface area contributed by atoms with Crippen LogP contribution >= 0.6 is 0 Å². The van der Waals surface area contributed by atoms with Gasteiger partial charge < -0.3 is 14.4 Å². The second-order valence-electron chi connectivity index (χ2n) is 7.88. The van der Waals surface area contributed by atoms with Gasteiger partial charge in [0.2, 0.25) is 5.91 Å². The van der Waals surface area contributed by atoms with E-state index >= 15 is 0 Å². The zero-order valence-electron chi connectivity index (χ0n) is 18.8. The first-order chi connectivity index (χ1) is 16.2. The number of esters is 2. The van der Waals surface area contributed by atoms with E-state index in [1.165, 1.54) is 4.90 Å². The molecule has 2 aromatic rings. The highest BCUT2D eigenvalue weighted by Crippen LogP contribution is 2.26. The lowest BCUT2D eigenvalue weighted by molar-refractivity contribution is -0.152. The summed E-state index contributed by atoms with van der Waals surface area (Å²) in [6.45, 7) is 2.97. The molecule has 10 nitrogen and oxygen atoms in total. The van der Waals surface area contributed by atoms with Crippen molar-refractivity contribution in [2.45, 2.75) is 26.4 Å². The van der Waals surface area contributed by atoms with Crippen LogP contribution < -0.4 is 15.8 Å². The van der Waals surface area contributed by atoms with Gasteiger partial charge in [-0.1, -0.05) is 18.2 Å². The Morgan fingerprint density at radius 3 is 2.29 bits per heavy atom. The molecular weight excluding hydrogens is 442 g/mol. The van der Waals surface area contributed by atoms with Gasteiger partial charge in [0.25, 0.3) is 11.8 Å².